The van der Waals surface area contributed by atoms with Gasteiger partial charge in [0.05, 0.1) is 5.52 Å². The summed E-state index contributed by atoms with van der Waals surface area (Å²) in [7, 11) is 0. The Hall–Kier alpha value is -1.78. The molecule has 0 saturated heterocycles. The Morgan fingerprint density at radius 1 is 1.21 bits per heavy atom. The molecular formula is C14H10ClN3S. The molecule has 19 heavy (non-hydrogen) atoms. The average molecular weight is 288 g/mol. The molecule has 3 aromatic rings. The summed E-state index contributed by atoms with van der Waals surface area (Å²) in [5, 5.41) is 1.75. The second-order valence-corrected chi connectivity index (χ2v) is 5.51. The summed E-state index contributed by atoms with van der Waals surface area (Å²) in [5.74, 6) is 0.781. The van der Waals surface area contributed by atoms with Crippen molar-refractivity contribution >= 4 is 39.2 Å². The molecule has 3 rings (SSSR count). The Bertz CT molecular complexity index is 738. The van der Waals surface area contributed by atoms with E-state index in [4.69, 9.17) is 11.6 Å². The van der Waals surface area contributed by atoms with Gasteiger partial charge in [0.15, 0.2) is 0 Å². The summed E-state index contributed by atoms with van der Waals surface area (Å²) >= 11 is 7.54. The zero-order valence-electron chi connectivity index (χ0n) is 9.93. The fourth-order valence-corrected chi connectivity index (χ4v) is 2.83. The number of nitrogens with one attached hydrogen (secondary N) is 1. The molecule has 0 atom stereocenters. The lowest BCUT2D eigenvalue weighted by Gasteiger charge is -2.06. The first-order valence-corrected chi connectivity index (χ1v) is 6.84. The van der Waals surface area contributed by atoms with Gasteiger partial charge in [0.2, 0.25) is 0 Å². The zero-order valence-corrected chi connectivity index (χ0v) is 11.5. The lowest BCUT2D eigenvalue weighted by molar-refractivity contribution is 1.26. The minimum Gasteiger partial charge on any atom is -0.344 e. The molecule has 1 aromatic carbocycles. The number of hydrogen-bond donors (Lipinski definition) is 1. The van der Waals surface area contributed by atoms with Crippen LogP contribution in [0.4, 0.5) is 0 Å². The quantitative estimate of drug-likeness (QED) is 0.727. The first kappa shape index (κ1) is 12.3. The van der Waals surface area contributed by atoms with Crippen LogP contribution in [0.5, 0.6) is 0 Å². The van der Waals surface area contributed by atoms with Crippen LogP contribution < -0.4 is 0 Å². The van der Waals surface area contributed by atoms with Crippen LogP contribution in [0.25, 0.3) is 15.8 Å². The number of H-pyrrole nitrogens is 1. The summed E-state index contributed by atoms with van der Waals surface area (Å²) in [6.45, 7) is 4.04. The van der Waals surface area contributed by atoms with Crippen molar-refractivity contribution in [1.82, 2.24) is 15.0 Å². The van der Waals surface area contributed by atoms with Crippen molar-refractivity contribution < 1.29 is 0 Å². The monoisotopic (exact) mass is 287 g/mol. The standard InChI is InChI=1S/C14H10ClN3S/c1-9(14-17-6-7-18-14)19-13-4-5-16-12-8-10(15)2-3-11(12)13/h2-8H,1H2,(H,17,18). The number of rotatable bonds is 3. The van der Waals surface area contributed by atoms with Gasteiger partial charge in [0, 0.05) is 38.8 Å². The number of benzene rings is 1. The van der Waals surface area contributed by atoms with Crippen LogP contribution in [0.15, 0.2) is 54.3 Å². The topological polar surface area (TPSA) is 41.6 Å². The molecule has 0 aliphatic rings. The van der Waals surface area contributed by atoms with Crippen LogP contribution in [0.3, 0.4) is 0 Å². The molecule has 0 amide bonds. The predicted octanol–water partition coefficient (Wildman–Crippen LogP) is 4.37. The number of pyridine rings is 1. The summed E-state index contributed by atoms with van der Waals surface area (Å²) in [4.78, 5) is 13.5. The van der Waals surface area contributed by atoms with Gasteiger partial charge in [-0.2, -0.15) is 0 Å². The van der Waals surface area contributed by atoms with E-state index in [1.807, 2.05) is 24.3 Å². The van der Waals surface area contributed by atoms with Crippen LogP contribution in [0.1, 0.15) is 5.82 Å². The largest absolute Gasteiger partial charge is 0.344 e. The SMILES string of the molecule is C=C(Sc1ccnc2cc(Cl)ccc12)c1ncc[nH]1. The molecule has 94 valence electrons. The first-order valence-electron chi connectivity index (χ1n) is 5.65. The molecular weight excluding hydrogens is 278 g/mol. The van der Waals surface area contributed by atoms with Crippen LogP contribution in [0.2, 0.25) is 5.02 Å². The van der Waals surface area contributed by atoms with Gasteiger partial charge in [-0.1, -0.05) is 36.0 Å². The van der Waals surface area contributed by atoms with Crippen LogP contribution >= 0.6 is 23.4 Å². The maximum atomic E-state index is 5.98. The Balaban J connectivity index is 1.99. The fraction of sp³-hybridized carbons (Fsp3) is 0. The van der Waals surface area contributed by atoms with E-state index in [1.54, 1.807) is 30.4 Å². The third-order valence-electron chi connectivity index (χ3n) is 2.66. The number of halogens is 1. The molecule has 0 bridgehead atoms. The third-order valence-corrected chi connectivity index (χ3v) is 3.91. The Morgan fingerprint density at radius 3 is 2.89 bits per heavy atom. The van der Waals surface area contributed by atoms with E-state index in [1.165, 1.54) is 0 Å². The van der Waals surface area contributed by atoms with Gasteiger partial charge in [-0.25, -0.2) is 4.98 Å². The van der Waals surface area contributed by atoms with Crippen LogP contribution in [-0.2, 0) is 0 Å². The fourth-order valence-electron chi connectivity index (χ4n) is 1.78. The highest BCUT2D eigenvalue weighted by Crippen LogP contribution is 2.35. The first-order chi connectivity index (χ1) is 9.24. The maximum absolute atomic E-state index is 5.98. The molecule has 5 heteroatoms. The Kier molecular flexibility index (Phi) is 3.27. The second kappa shape index (κ2) is 5.07. The molecule has 3 nitrogen and oxygen atoms in total. The van der Waals surface area contributed by atoms with Gasteiger partial charge < -0.3 is 4.98 Å². The smallest absolute Gasteiger partial charge is 0.143 e. The van der Waals surface area contributed by atoms with E-state index in [-0.39, 0.29) is 0 Å². The van der Waals surface area contributed by atoms with Gasteiger partial charge in [0.1, 0.15) is 5.82 Å². The van der Waals surface area contributed by atoms with Gasteiger partial charge in [-0.3, -0.25) is 4.98 Å². The number of imidazole rings is 1. The molecule has 2 heterocycles. The Labute approximate surface area is 119 Å². The van der Waals surface area contributed by atoms with E-state index >= 15 is 0 Å². The maximum Gasteiger partial charge on any atom is 0.143 e. The third kappa shape index (κ3) is 2.50. The highest BCUT2D eigenvalue weighted by molar-refractivity contribution is 8.08. The van der Waals surface area contributed by atoms with Crippen molar-refractivity contribution in [1.29, 1.82) is 0 Å². The minimum atomic E-state index is 0.687. The van der Waals surface area contributed by atoms with Crippen LogP contribution in [-0.4, -0.2) is 15.0 Å². The second-order valence-electron chi connectivity index (χ2n) is 3.93. The van der Waals surface area contributed by atoms with Gasteiger partial charge in [-0.05, 0) is 18.2 Å². The highest BCUT2D eigenvalue weighted by atomic mass is 35.5. The number of hydrogen-bond acceptors (Lipinski definition) is 3. The van der Waals surface area contributed by atoms with Gasteiger partial charge in [-0.15, -0.1) is 0 Å². The summed E-state index contributed by atoms with van der Waals surface area (Å²) in [5.41, 5.74) is 0.879. The number of aromatic nitrogens is 3. The predicted molar refractivity (Wildman–Crippen MR) is 80.2 cm³/mol. The van der Waals surface area contributed by atoms with Gasteiger partial charge >= 0.3 is 0 Å². The zero-order chi connectivity index (χ0) is 13.2. The molecule has 0 aliphatic heterocycles. The molecule has 0 fully saturated rings. The van der Waals surface area contributed by atoms with Crippen molar-refractivity contribution in [3.8, 4) is 0 Å². The molecule has 1 N–H and O–H groups in total. The van der Waals surface area contributed by atoms with Gasteiger partial charge in [0.25, 0.3) is 0 Å². The minimum absolute atomic E-state index is 0.687. The van der Waals surface area contributed by atoms with E-state index in [0.29, 0.717) is 5.02 Å². The van der Waals surface area contributed by atoms with E-state index in [9.17, 15) is 0 Å². The van der Waals surface area contributed by atoms with E-state index in [2.05, 4.69) is 21.5 Å². The lowest BCUT2D eigenvalue weighted by atomic mass is 10.2. The Morgan fingerprint density at radius 2 is 2.11 bits per heavy atom. The normalized spacial score (nSPS) is 10.8. The number of aromatic amines is 1. The van der Waals surface area contributed by atoms with Crippen molar-refractivity contribution in [2.45, 2.75) is 4.90 Å². The van der Waals surface area contributed by atoms with Crippen molar-refractivity contribution in [2.24, 2.45) is 0 Å². The van der Waals surface area contributed by atoms with E-state index < -0.39 is 0 Å². The number of fused-ring (bicyclic) bond motifs is 1. The molecule has 0 spiro atoms. The highest BCUT2D eigenvalue weighted by Gasteiger charge is 2.08. The molecule has 0 unspecified atom stereocenters. The molecule has 0 saturated carbocycles. The molecule has 2 aromatic heterocycles. The van der Waals surface area contributed by atoms with Crippen molar-refractivity contribution in [3.05, 3.63) is 60.3 Å². The molecule has 0 aliphatic carbocycles. The number of thioether (sulfide) groups is 1. The average Bonchev–Trinajstić information content (AvgIpc) is 2.92. The van der Waals surface area contributed by atoms with E-state index in [0.717, 1.165) is 26.5 Å². The summed E-state index contributed by atoms with van der Waals surface area (Å²) in [6, 6.07) is 7.67. The lowest BCUT2D eigenvalue weighted by Crippen LogP contribution is -1.85. The molecule has 0 radical (unpaired) electrons. The van der Waals surface area contributed by atoms with Crippen molar-refractivity contribution in [2.75, 3.05) is 0 Å². The number of nitrogens with zero attached hydrogens (tertiary/aromatic N) is 2. The summed E-state index contributed by atoms with van der Waals surface area (Å²) in [6.07, 6.45) is 5.27. The van der Waals surface area contributed by atoms with Crippen LogP contribution in [0, 0.1) is 0 Å². The van der Waals surface area contributed by atoms with Crippen molar-refractivity contribution in [3.63, 3.8) is 0 Å². The summed E-state index contributed by atoms with van der Waals surface area (Å²) < 4.78 is 0.